The molecule has 0 spiro atoms. The van der Waals surface area contributed by atoms with Crippen LogP contribution in [0.5, 0.6) is 0 Å². The van der Waals surface area contributed by atoms with Gasteiger partial charge in [0.1, 0.15) is 0 Å². The van der Waals surface area contributed by atoms with E-state index in [0.29, 0.717) is 12.1 Å². The van der Waals surface area contributed by atoms with Crippen molar-refractivity contribution in [1.82, 2.24) is 0 Å². The number of hydrogen-bond donors (Lipinski definition) is 4. The smallest absolute Gasteiger partial charge is 0.318 e. The Kier molecular flexibility index (Phi) is 54.4. The molecule has 38 heteroatoms. The summed E-state index contributed by atoms with van der Waals surface area (Å²) in [7, 11) is -21.8. The first-order valence-corrected chi connectivity index (χ1v) is 75.1. The van der Waals surface area contributed by atoms with Crippen LogP contribution in [-0.4, -0.2) is 228 Å². The average Bonchev–Trinajstić information content (AvgIpc) is 0.777. The Morgan fingerprint density at radius 3 is 0.728 bits per heavy atom. The predicted octanol–water partition coefficient (Wildman–Crippen LogP) is 13.8. The fraction of sp³-hybridized carbons (Fsp3) is 0.963. The van der Waals surface area contributed by atoms with Gasteiger partial charge in [0, 0.05) is 69.0 Å². The molecule has 8 unspecified atom stereocenters. The molecule has 8 atom stereocenters. The number of aliphatic hydroxyl groups is 2. The highest BCUT2D eigenvalue weighted by molar-refractivity contribution is 6.96. The summed E-state index contributed by atoms with van der Waals surface area (Å²) in [6.45, 7) is 64.2. The van der Waals surface area contributed by atoms with Crippen LogP contribution in [0.1, 0.15) is 54.4 Å². The SMILES string of the molecule is CCC.CCC.CO.CO.CO[SiH2]OC.CO[SiH2]OC.CO[Si](C)(C)CC[Si]1(C)O[Si](C)(C)O[Si](C)(CC(C)C(=O)O)O[Si](C)(CC[Si](C)(C)O[Si](C)(C)C)O1.CO[Si](C)(C)CC[Si]1(C)O[Si](C)(C)O[Si](C)(CC(C)C(=O)O)O[Si](C)(CC[Si](C)(C)O[Si](C)(C)C)O1. The Hall–Kier alpha value is 1.69. The van der Waals surface area contributed by atoms with Crippen LogP contribution in [-0.2, 0) is 77.3 Å². The van der Waals surface area contributed by atoms with Crippen LogP contribution in [0.3, 0.4) is 0 Å². The summed E-state index contributed by atoms with van der Waals surface area (Å²) >= 11 is 0. The number of rotatable bonds is 28. The molecule has 0 amide bonds. The molecule has 0 bridgehead atoms. The fourth-order valence-corrected chi connectivity index (χ4v) is 84.9. The highest BCUT2D eigenvalue weighted by Gasteiger charge is 2.59. The van der Waals surface area contributed by atoms with Gasteiger partial charge in [0.05, 0.1) is 11.8 Å². The van der Waals surface area contributed by atoms with E-state index in [2.05, 4.69) is 163 Å². The Balaban J connectivity index is -0.000000311. The van der Waals surface area contributed by atoms with Crippen LogP contribution in [0, 0.1) is 11.8 Å². The lowest BCUT2D eigenvalue weighted by molar-refractivity contribution is -0.141. The lowest BCUT2D eigenvalue weighted by atomic mass is 10.2. The van der Waals surface area contributed by atoms with Crippen molar-refractivity contribution in [2.45, 2.75) is 272 Å². The molecule has 92 heavy (non-hydrogen) atoms. The molecule has 0 saturated carbocycles. The Morgan fingerprint density at radius 1 is 0.370 bits per heavy atom. The zero-order valence-electron chi connectivity index (χ0n) is 66.2. The van der Waals surface area contributed by atoms with Crippen molar-refractivity contribution in [3.63, 3.8) is 0 Å². The van der Waals surface area contributed by atoms with E-state index in [1.54, 1.807) is 56.5 Å². The number of hydrogen-bond acceptors (Lipinski definition) is 20. The van der Waals surface area contributed by atoms with Gasteiger partial charge in [0.2, 0.25) is 0 Å². The van der Waals surface area contributed by atoms with Crippen molar-refractivity contribution >= 4 is 150 Å². The van der Waals surface area contributed by atoms with Gasteiger partial charge in [-0.25, -0.2) is 0 Å². The lowest BCUT2D eigenvalue weighted by Crippen LogP contribution is -2.67. The third-order valence-electron chi connectivity index (χ3n) is 13.2. The molecule has 0 radical (unpaired) electrons. The molecule has 22 nitrogen and oxygen atoms in total. The monoisotopic (exact) mass is 1600 g/mol. The molecule has 2 fully saturated rings. The molecular formula is C54H148O22Si16. The first-order chi connectivity index (χ1) is 41.3. The maximum atomic E-state index is 11.8. The molecule has 0 aromatic carbocycles. The summed E-state index contributed by atoms with van der Waals surface area (Å²) in [6, 6.07) is 7.78. The minimum absolute atomic E-state index is 0.377. The van der Waals surface area contributed by atoms with Gasteiger partial charge in [-0.1, -0.05) is 54.4 Å². The standard InChI is InChI=1S/2C21H54O8Si7.2C3H8.2C2H8O2Si.2CH4O/c2*1-20(21(22)23)19-36(14)27-33(10,11)26-34(12,17-15-31(6,7)24-2)28-35(13,29-36)18-16-32(8,9)25-30(3,4)5;2*1-3-2;2*1-3-5-4-2;2*1-2/h2*20H,15-19H2,1-14H3,(H,22,23);2*3H2,1-2H3;2*5H2,1-2H3;2*2H,1H3. The number of carboxylic acids is 2. The summed E-state index contributed by atoms with van der Waals surface area (Å²) in [6.07, 6.45) is 2.50. The lowest BCUT2D eigenvalue weighted by Gasteiger charge is -2.50. The van der Waals surface area contributed by atoms with Gasteiger partial charge in [-0.2, -0.15) is 0 Å². The quantitative estimate of drug-likeness (QED) is 0.0531. The van der Waals surface area contributed by atoms with Crippen molar-refractivity contribution in [3.8, 4) is 0 Å². The van der Waals surface area contributed by atoms with E-state index in [4.69, 9.17) is 60.2 Å². The molecule has 0 aliphatic carbocycles. The first-order valence-electron chi connectivity index (χ1n) is 32.8. The molecule has 2 aliphatic heterocycles. The summed E-state index contributed by atoms with van der Waals surface area (Å²) in [5.41, 5.74) is 0. The van der Waals surface area contributed by atoms with Crippen LogP contribution in [0.2, 0.25) is 218 Å². The second-order valence-corrected chi connectivity index (χ2v) is 88.3. The molecule has 560 valence electrons. The van der Waals surface area contributed by atoms with E-state index in [9.17, 15) is 19.8 Å². The predicted molar refractivity (Wildman–Crippen MR) is 421 cm³/mol. The van der Waals surface area contributed by atoms with Crippen LogP contribution >= 0.6 is 0 Å². The zero-order valence-corrected chi connectivity index (χ0v) is 83.0. The van der Waals surface area contributed by atoms with Crippen LogP contribution in [0.4, 0.5) is 0 Å². The highest BCUT2D eigenvalue weighted by atomic mass is 28.5. The van der Waals surface area contributed by atoms with Crippen molar-refractivity contribution < 1.29 is 97.7 Å². The van der Waals surface area contributed by atoms with Crippen molar-refractivity contribution in [3.05, 3.63) is 0 Å². The van der Waals surface area contributed by atoms with E-state index in [1.807, 2.05) is 39.3 Å². The molecule has 2 heterocycles. The molecule has 2 rings (SSSR count). The first kappa shape index (κ1) is 105. The van der Waals surface area contributed by atoms with Crippen LogP contribution in [0.15, 0.2) is 0 Å². The van der Waals surface area contributed by atoms with Crippen molar-refractivity contribution in [1.29, 1.82) is 0 Å². The van der Waals surface area contributed by atoms with Gasteiger partial charge in [-0.15, -0.1) is 0 Å². The largest absolute Gasteiger partial charge is 0.481 e. The van der Waals surface area contributed by atoms with E-state index in [-0.39, 0.29) is 0 Å². The van der Waals surface area contributed by atoms with E-state index in [0.717, 1.165) is 62.6 Å². The second kappa shape index (κ2) is 47.8. The maximum absolute atomic E-state index is 11.8. The van der Waals surface area contributed by atoms with Gasteiger partial charge >= 0.3 is 100 Å². The second-order valence-electron chi connectivity index (χ2n) is 30.0. The molecule has 2 aliphatic rings. The molecule has 0 aromatic heterocycles. The van der Waals surface area contributed by atoms with E-state index in [1.165, 1.54) is 12.8 Å². The zero-order chi connectivity index (χ0) is 74.5. The van der Waals surface area contributed by atoms with Crippen molar-refractivity contribution in [2.75, 3.05) is 56.9 Å². The summed E-state index contributed by atoms with van der Waals surface area (Å²) < 4.78 is 98.9. The Bertz CT molecular complexity index is 1800. The van der Waals surface area contributed by atoms with Crippen molar-refractivity contribution in [2.24, 2.45) is 11.8 Å². The number of carboxylic acid groups (broad SMARTS) is 2. The third kappa shape index (κ3) is 54.4. The third-order valence-corrected chi connectivity index (χ3v) is 69.5. The van der Waals surface area contributed by atoms with Gasteiger partial charge < -0.3 is 88.1 Å². The minimum atomic E-state index is -2.91. The van der Waals surface area contributed by atoms with Gasteiger partial charge in [-0.05, 0) is 205 Å². The van der Waals surface area contributed by atoms with E-state index < -0.39 is 162 Å². The summed E-state index contributed by atoms with van der Waals surface area (Å²) in [5, 5.41) is 33.3. The minimum Gasteiger partial charge on any atom is -0.481 e. The number of carbonyl (C=O) groups is 2. The average molecular weight is 1600 g/mol. The van der Waals surface area contributed by atoms with E-state index >= 15 is 0 Å². The summed E-state index contributed by atoms with van der Waals surface area (Å²) in [4.78, 5) is 23.5. The molecule has 4 N–H and O–H groups in total. The topological polar surface area (TPSA) is 263 Å². The number of aliphatic hydroxyl groups excluding tert-OH is 2. The Morgan fingerprint density at radius 2 is 0.554 bits per heavy atom. The fourth-order valence-electron chi connectivity index (χ4n) is 10.2. The van der Waals surface area contributed by atoms with Gasteiger partial charge in [-0.3, -0.25) is 9.59 Å². The molecule has 2 saturated heterocycles. The maximum Gasteiger partial charge on any atom is 0.318 e. The Labute approximate surface area is 584 Å². The van der Waals surface area contributed by atoms with Crippen LogP contribution in [0.25, 0.3) is 0 Å². The van der Waals surface area contributed by atoms with Crippen LogP contribution < -0.4 is 0 Å². The summed E-state index contributed by atoms with van der Waals surface area (Å²) in [5.74, 6) is -2.76. The number of aliphatic carboxylic acids is 2. The van der Waals surface area contributed by atoms with Gasteiger partial charge in [0.15, 0.2) is 49.9 Å². The van der Waals surface area contributed by atoms with Gasteiger partial charge in [0.25, 0.3) is 0 Å². The highest BCUT2D eigenvalue weighted by Crippen LogP contribution is 2.42. The molecule has 0 aromatic rings. The normalized spacial score (nSPS) is 25.7. The molecular weight excluding hydrogens is 1450 g/mol.